The number of halogens is 3. The average molecular weight is 451 g/mol. The van der Waals surface area contributed by atoms with E-state index in [0.29, 0.717) is 39.8 Å². The monoisotopic (exact) mass is 449 g/mol. The van der Waals surface area contributed by atoms with Crippen LogP contribution in [0.3, 0.4) is 0 Å². The van der Waals surface area contributed by atoms with E-state index in [4.69, 9.17) is 34.8 Å². The van der Waals surface area contributed by atoms with Crippen LogP contribution in [0.25, 0.3) is 5.69 Å². The van der Waals surface area contributed by atoms with Gasteiger partial charge in [0.25, 0.3) is 5.91 Å². The summed E-state index contributed by atoms with van der Waals surface area (Å²) in [6.07, 6.45) is 0.454. The van der Waals surface area contributed by atoms with Gasteiger partial charge in [0.05, 0.1) is 28.5 Å². The molecule has 0 unspecified atom stereocenters. The Kier molecular flexibility index (Phi) is 5.25. The van der Waals surface area contributed by atoms with Gasteiger partial charge < -0.3 is 10.0 Å². The van der Waals surface area contributed by atoms with Crippen LogP contribution < -0.4 is 0 Å². The molecule has 0 radical (unpaired) electrons. The highest BCUT2D eigenvalue weighted by Gasteiger charge is 2.31. The summed E-state index contributed by atoms with van der Waals surface area (Å²) < 4.78 is 1.60. The first kappa shape index (κ1) is 19.8. The largest absolute Gasteiger partial charge is 0.476 e. The molecular weight excluding hydrogens is 437 g/mol. The van der Waals surface area contributed by atoms with Crippen molar-refractivity contribution in [2.24, 2.45) is 0 Å². The van der Waals surface area contributed by atoms with Crippen molar-refractivity contribution >= 4 is 46.7 Å². The fourth-order valence-electron chi connectivity index (χ4n) is 3.39. The Morgan fingerprint density at radius 3 is 2.34 bits per heavy atom. The van der Waals surface area contributed by atoms with Gasteiger partial charge in [0.1, 0.15) is 0 Å². The van der Waals surface area contributed by atoms with Crippen LogP contribution in [0.15, 0.2) is 42.5 Å². The van der Waals surface area contributed by atoms with Gasteiger partial charge >= 0.3 is 5.97 Å². The van der Waals surface area contributed by atoms with Crippen LogP contribution in [0.1, 0.15) is 32.1 Å². The number of carboxylic acid groups (broad SMARTS) is 1. The SMILES string of the molecule is O=C(O)c1nn(-c2ccc(Cl)cc2)c2c1CN(C(=O)c1ccc(Cl)cc1Cl)CC2. The molecule has 1 aromatic heterocycles. The molecule has 9 heteroatoms. The lowest BCUT2D eigenvalue weighted by atomic mass is 10.0. The minimum atomic E-state index is -1.15. The van der Waals surface area contributed by atoms with Crippen molar-refractivity contribution in [2.45, 2.75) is 13.0 Å². The van der Waals surface area contributed by atoms with Gasteiger partial charge in [0.15, 0.2) is 5.69 Å². The molecule has 0 bridgehead atoms. The second kappa shape index (κ2) is 7.71. The number of nitrogens with zero attached hydrogens (tertiary/aromatic N) is 3. The molecule has 4 rings (SSSR count). The van der Waals surface area contributed by atoms with Gasteiger partial charge in [0, 0.05) is 28.6 Å². The second-order valence-corrected chi connectivity index (χ2v) is 7.85. The number of aromatic nitrogens is 2. The van der Waals surface area contributed by atoms with Crippen molar-refractivity contribution < 1.29 is 14.7 Å². The molecule has 0 fully saturated rings. The molecule has 6 nitrogen and oxygen atoms in total. The van der Waals surface area contributed by atoms with Crippen molar-refractivity contribution in [3.8, 4) is 5.69 Å². The molecule has 1 amide bonds. The van der Waals surface area contributed by atoms with Crippen LogP contribution in [0, 0.1) is 0 Å². The third kappa shape index (κ3) is 3.71. The number of rotatable bonds is 3. The number of carboxylic acids is 1. The van der Waals surface area contributed by atoms with Crippen molar-refractivity contribution in [3.05, 3.63) is 80.0 Å². The Hall–Kier alpha value is -2.54. The maximum Gasteiger partial charge on any atom is 0.356 e. The molecule has 1 aliphatic heterocycles. The summed E-state index contributed by atoms with van der Waals surface area (Å²) in [6.45, 7) is 0.533. The van der Waals surface area contributed by atoms with E-state index in [2.05, 4.69) is 5.10 Å². The number of carbonyl (C=O) groups is 2. The summed E-state index contributed by atoms with van der Waals surface area (Å²) in [5.41, 5.74) is 2.22. The van der Waals surface area contributed by atoms with Crippen molar-refractivity contribution in [1.82, 2.24) is 14.7 Å². The predicted octanol–water partition coefficient (Wildman–Crippen LogP) is 4.73. The van der Waals surface area contributed by atoms with Crippen LogP contribution in [0.4, 0.5) is 0 Å². The van der Waals surface area contributed by atoms with E-state index >= 15 is 0 Å². The van der Waals surface area contributed by atoms with Crippen LogP contribution in [-0.4, -0.2) is 38.2 Å². The minimum absolute atomic E-state index is 0.0744. The molecule has 1 aliphatic rings. The highest BCUT2D eigenvalue weighted by Crippen LogP contribution is 2.29. The molecule has 2 aromatic carbocycles. The maximum atomic E-state index is 12.9. The van der Waals surface area contributed by atoms with Crippen LogP contribution >= 0.6 is 34.8 Å². The quantitative estimate of drug-likeness (QED) is 0.626. The van der Waals surface area contributed by atoms with E-state index in [9.17, 15) is 14.7 Å². The van der Waals surface area contributed by atoms with E-state index in [1.165, 1.54) is 6.07 Å². The number of hydrogen-bond acceptors (Lipinski definition) is 3. The first-order chi connectivity index (χ1) is 13.8. The van der Waals surface area contributed by atoms with Gasteiger partial charge in [0.2, 0.25) is 0 Å². The van der Waals surface area contributed by atoms with Crippen LogP contribution in [-0.2, 0) is 13.0 Å². The van der Waals surface area contributed by atoms with Gasteiger partial charge in [-0.2, -0.15) is 5.10 Å². The number of fused-ring (bicyclic) bond motifs is 1. The van der Waals surface area contributed by atoms with E-state index in [1.54, 1.807) is 46.0 Å². The van der Waals surface area contributed by atoms with Crippen molar-refractivity contribution in [3.63, 3.8) is 0 Å². The molecule has 29 heavy (non-hydrogen) atoms. The average Bonchev–Trinajstić information content (AvgIpc) is 3.07. The summed E-state index contributed by atoms with van der Waals surface area (Å²) >= 11 is 18.0. The third-order valence-corrected chi connectivity index (χ3v) is 5.58. The highest BCUT2D eigenvalue weighted by molar-refractivity contribution is 6.36. The highest BCUT2D eigenvalue weighted by atomic mass is 35.5. The number of benzene rings is 2. The van der Waals surface area contributed by atoms with Crippen molar-refractivity contribution in [1.29, 1.82) is 0 Å². The van der Waals surface area contributed by atoms with Crippen LogP contribution in [0.2, 0.25) is 15.1 Å². The van der Waals surface area contributed by atoms with Gasteiger partial charge in [-0.3, -0.25) is 4.79 Å². The molecular formula is C20H14Cl3N3O3. The first-order valence-electron chi connectivity index (χ1n) is 8.69. The molecule has 1 N–H and O–H groups in total. The zero-order valence-corrected chi connectivity index (χ0v) is 17.2. The number of aromatic carboxylic acids is 1. The fourth-order valence-corrected chi connectivity index (χ4v) is 4.01. The number of hydrogen-bond donors (Lipinski definition) is 1. The minimum Gasteiger partial charge on any atom is -0.476 e. The molecule has 2 heterocycles. The molecule has 0 saturated carbocycles. The second-order valence-electron chi connectivity index (χ2n) is 6.57. The Bertz CT molecular complexity index is 1130. The molecule has 3 aromatic rings. The zero-order valence-electron chi connectivity index (χ0n) is 14.9. The fraction of sp³-hybridized carbons (Fsp3) is 0.150. The van der Waals surface area contributed by atoms with Gasteiger partial charge in [-0.05, 0) is 42.5 Å². The van der Waals surface area contributed by atoms with E-state index in [0.717, 1.165) is 5.69 Å². The number of amides is 1. The Balaban J connectivity index is 1.71. The summed E-state index contributed by atoms with van der Waals surface area (Å²) in [4.78, 5) is 26.3. The van der Waals surface area contributed by atoms with Gasteiger partial charge in [-0.1, -0.05) is 34.8 Å². The topological polar surface area (TPSA) is 75.4 Å². The zero-order chi connectivity index (χ0) is 20.7. The summed E-state index contributed by atoms with van der Waals surface area (Å²) in [7, 11) is 0. The van der Waals surface area contributed by atoms with Crippen LogP contribution in [0.5, 0.6) is 0 Å². The van der Waals surface area contributed by atoms with Gasteiger partial charge in [-0.25, -0.2) is 9.48 Å². The van der Waals surface area contributed by atoms with E-state index in [-0.39, 0.29) is 23.2 Å². The molecule has 0 aliphatic carbocycles. The standard InChI is InChI=1S/C20H14Cl3N3O3/c21-11-1-4-13(5-2-11)26-17-7-8-25(10-15(17)18(24-26)20(28)29)19(27)14-6-3-12(22)9-16(14)23/h1-6,9H,7-8,10H2,(H,28,29). The molecule has 148 valence electrons. The summed E-state index contributed by atoms with van der Waals surface area (Å²) in [5.74, 6) is -1.43. The Morgan fingerprint density at radius 2 is 1.69 bits per heavy atom. The lowest BCUT2D eigenvalue weighted by Crippen LogP contribution is -2.36. The van der Waals surface area contributed by atoms with Gasteiger partial charge in [-0.15, -0.1) is 0 Å². The smallest absolute Gasteiger partial charge is 0.356 e. The normalized spacial score (nSPS) is 13.3. The van der Waals surface area contributed by atoms with E-state index < -0.39 is 5.97 Å². The molecule has 0 saturated heterocycles. The molecule has 0 spiro atoms. The predicted molar refractivity (Wildman–Crippen MR) is 110 cm³/mol. The Morgan fingerprint density at radius 1 is 1.00 bits per heavy atom. The summed E-state index contributed by atoms with van der Waals surface area (Å²) in [6, 6.07) is 11.6. The molecule has 0 atom stereocenters. The van der Waals surface area contributed by atoms with Crippen molar-refractivity contribution in [2.75, 3.05) is 6.54 Å². The third-order valence-electron chi connectivity index (χ3n) is 4.78. The Labute approximate surface area is 181 Å². The number of carbonyl (C=O) groups excluding carboxylic acids is 1. The lowest BCUT2D eigenvalue weighted by molar-refractivity contribution is 0.0674. The summed E-state index contributed by atoms with van der Waals surface area (Å²) in [5, 5.41) is 15.2. The lowest BCUT2D eigenvalue weighted by Gasteiger charge is -2.28. The maximum absolute atomic E-state index is 12.9. The van der Waals surface area contributed by atoms with E-state index in [1.807, 2.05) is 0 Å². The first-order valence-corrected chi connectivity index (χ1v) is 9.83.